The Hall–Kier alpha value is -1.14. The molecule has 2 aliphatic heterocycles. The molecule has 20 heavy (non-hydrogen) atoms. The number of carbonyl (C=O) groups is 2. The van der Waals surface area contributed by atoms with Crippen LogP contribution in [-0.4, -0.2) is 61.6 Å². The number of amides is 2. The molecule has 0 aromatic heterocycles. The van der Waals surface area contributed by atoms with Gasteiger partial charge in [0.05, 0.1) is 6.10 Å². The molecule has 0 saturated carbocycles. The first-order valence-corrected chi connectivity index (χ1v) is 7.62. The molecule has 2 fully saturated rings. The summed E-state index contributed by atoms with van der Waals surface area (Å²) in [6.07, 6.45) is 4.30. The number of nitrogens with one attached hydrogen (secondary N) is 2. The molecule has 2 rings (SSSR count). The molecule has 0 bridgehead atoms. The number of rotatable bonds is 5. The Morgan fingerprint density at radius 2 is 1.90 bits per heavy atom. The van der Waals surface area contributed by atoms with Gasteiger partial charge in [-0.25, -0.2) is 0 Å². The lowest BCUT2D eigenvalue weighted by molar-refractivity contribution is -0.139. The highest BCUT2D eigenvalue weighted by Gasteiger charge is 2.24. The van der Waals surface area contributed by atoms with Crippen molar-refractivity contribution in [2.24, 2.45) is 0 Å². The monoisotopic (exact) mass is 283 g/mol. The summed E-state index contributed by atoms with van der Waals surface area (Å²) in [4.78, 5) is 25.7. The van der Waals surface area contributed by atoms with E-state index in [9.17, 15) is 9.59 Å². The minimum absolute atomic E-state index is 0.0668. The lowest BCUT2D eigenvalue weighted by Crippen LogP contribution is -2.46. The van der Waals surface area contributed by atoms with Crippen LogP contribution in [-0.2, 0) is 14.3 Å². The highest BCUT2D eigenvalue weighted by molar-refractivity contribution is 6.35. The molecule has 2 aliphatic rings. The van der Waals surface area contributed by atoms with Crippen LogP contribution in [0.2, 0.25) is 0 Å². The van der Waals surface area contributed by atoms with Gasteiger partial charge in [0.2, 0.25) is 0 Å². The van der Waals surface area contributed by atoms with Crippen molar-refractivity contribution in [3.63, 3.8) is 0 Å². The number of ether oxygens (including phenoxy) is 1. The third kappa shape index (κ3) is 4.18. The lowest BCUT2D eigenvalue weighted by Gasteiger charge is -2.22. The highest BCUT2D eigenvalue weighted by atomic mass is 16.5. The van der Waals surface area contributed by atoms with Crippen LogP contribution in [0.3, 0.4) is 0 Å². The van der Waals surface area contributed by atoms with Crippen LogP contribution in [0.1, 0.15) is 32.6 Å². The second-order valence-corrected chi connectivity index (χ2v) is 5.48. The average Bonchev–Trinajstić information content (AvgIpc) is 3.12. The van der Waals surface area contributed by atoms with Gasteiger partial charge in [-0.15, -0.1) is 0 Å². The molecule has 114 valence electrons. The summed E-state index contributed by atoms with van der Waals surface area (Å²) >= 11 is 0. The van der Waals surface area contributed by atoms with Crippen LogP contribution < -0.4 is 10.6 Å². The third-order valence-corrected chi connectivity index (χ3v) is 4.12. The van der Waals surface area contributed by atoms with Crippen molar-refractivity contribution >= 4 is 11.8 Å². The fourth-order valence-corrected chi connectivity index (χ4v) is 2.93. The van der Waals surface area contributed by atoms with E-state index in [-0.39, 0.29) is 6.10 Å². The van der Waals surface area contributed by atoms with Gasteiger partial charge >= 0.3 is 11.8 Å². The molecule has 6 nitrogen and oxygen atoms in total. The van der Waals surface area contributed by atoms with Gasteiger partial charge in [-0.1, -0.05) is 6.92 Å². The molecule has 2 heterocycles. The van der Waals surface area contributed by atoms with E-state index in [2.05, 4.69) is 22.5 Å². The average molecular weight is 283 g/mol. The van der Waals surface area contributed by atoms with Crippen molar-refractivity contribution in [3.05, 3.63) is 0 Å². The molecule has 6 heteroatoms. The van der Waals surface area contributed by atoms with Crippen molar-refractivity contribution in [2.45, 2.75) is 44.8 Å². The summed E-state index contributed by atoms with van der Waals surface area (Å²) in [5.41, 5.74) is 0. The first kappa shape index (κ1) is 15.3. The quantitative estimate of drug-likeness (QED) is 0.690. The van der Waals surface area contributed by atoms with E-state index in [0.717, 1.165) is 39.0 Å². The maximum atomic E-state index is 11.7. The van der Waals surface area contributed by atoms with Crippen molar-refractivity contribution in [2.75, 3.05) is 32.8 Å². The zero-order valence-electron chi connectivity index (χ0n) is 12.2. The summed E-state index contributed by atoms with van der Waals surface area (Å²) < 4.78 is 5.40. The predicted molar refractivity (Wildman–Crippen MR) is 75.3 cm³/mol. The Kier molecular flexibility index (Phi) is 5.79. The van der Waals surface area contributed by atoms with E-state index in [1.807, 2.05) is 0 Å². The number of hydrogen-bond donors (Lipinski definition) is 2. The predicted octanol–water partition coefficient (Wildman–Crippen LogP) is -0.118. The minimum Gasteiger partial charge on any atom is -0.376 e. The fraction of sp³-hybridized carbons (Fsp3) is 0.857. The molecule has 2 unspecified atom stereocenters. The molecule has 2 saturated heterocycles. The minimum atomic E-state index is -0.554. The summed E-state index contributed by atoms with van der Waals surface area (Å²) in [5.74, 6) is -1.09. The maximum absolute atomic E-state index is 11.7. The molecule has 0 aromatic carbocycles. The Labute approximate surface area is 120 Å². The van der Waals surface area contributed by atoms with Gasteiger partial charge in [0.15, 0.2) is 0 Å². The van der Waals surface area contributed by atoms with E-state index in [4.69, 9.17) is 4.74 Å². The second kappa shape index (κ2) is 7.59. The SMILES string of the molecule is CCN1CCCC1CNC(=O)C(=O)NCC1CCCO1. The van der Waals surface area contributed by atoms with Gasteiger partial charge in [0, 0.05) is 25.7 Å². The Morgan fingerprint density at radius 3 is 2.55 bits per heavy atom. The molecule has 2 atom stereocenters. The van der Waals surface area contributed by atoms with Crippen LogP contribution in [0.25, 0.3) is 0 Å². The molecule has 0 aromatic rings. The topological polar surface area (TPSA) is 70.7 Å². The Bertz CT molecular complexity index is 343. The van der Waals surface area contributed by atoms with Gasteiger partial charge in [-0.2, -0.15) is 0 Å². The van der Waals surface area contributed by atoms with Gasteiger partial charge < -0.3 is 15.4 Å². The van der Waals surface area contributed by atoms with E-state index in [0.29, 0.717) is 19.1 Å². The molecule has 2 N–H and O–H groups in total. The largest absolute Gasteiger partial charge is 0.376 e. The van der Waals surface area contributed by atoms with E-state index < -0.39 is 11.8 Å². The summed E-state index contributed by atoms with van der Waals surface area (Å²) in [7, 11) is 0. The van der Waals surface area contributed by atoms with Crippen molar-refractivity contribution in [1.82, 2.24) is 15.5 Å². The van der Waals surface area contributed by atoms with Gasteiger partial charge in [-0.3, -0.25) is 14.5 Å². The van der Waals surface area contributed by atoms with Crippen LogP contribution in [0.4, 0.5) is 0 Å². The van der Waals surface area contributed by atoms with Crippen LogP contribution in [0.5, 0.6) is 0 Å². The smallest absolute Gasteiger partial charge is 0.309 e. The third-order valence-electron chi connectivity index (χ3n) is 4.12. The fourth-order valence-electron chi connectivity index (χ4n) is 2.93. The first-order valence-electron chi connectivity index (χ1n) is 7.62. The van der Waals surface area contributed by atoms with Crippen molar-refractivity contribution < 1.29 is 14.3 Å². The summed E-state index contributed by atoms with van der Waals surface area (Å²) in [5, 5.41) is 5.37. The first-order chi connectivity index (χ1) is 9.70. The zero-order chi connectivity index (χ0) is 14.4. The lowest BCUT2D eigenvalue weighted by atomic mass is 10.2. The molecule has 0 aliphatic carbocycles. The molecule has 2 amide bonds. The van der Waals surface area contributed by atoms with E-state index >= 15 is 0 Å². The Morgan fingerprint density at radius 1 is 1.15 bits per heavy atom. The summed E-state index contributed by atoms with van der Waals surface area (Å²) in [6.45, 7) is 5.93. The number of carbonyl (C=O) groups excluding carboxylic acids is 2. The van der Waals surface area contributed by atoms with Gasteiger partial charge in [0.25, 0.3) is 0 Å². The van der Waals surface area contributed by atoms with Crippen LogP contribution >= 0.6 is 0 Å². The van der Waals surface area contributed by atoms with Crippen LogP contribution in [0.15, 0.2) is 0 Å². The van der Waals surface area contributed by atoms with E-state index in [1.54, 1.807) is 0 Å². The number of nitrogens with zero attached hydrogens (tertiary/aromatic N) is 1. The van der Waals surface area contributed by atoms with Crippen molar-refractivity contribution in [3.8, 4) is 0 Å². The molecule has 0 spiro atoms. The van der Waals surface area contributed by atoms with E-state index in [1.165, 1.54) is 6.42 Å². The van der Waals surface area contributed by atoms with Gasteiger partial charge in [0.1, 0.15) is 0 Å². The Balaban J connectivity index is 1.64. The molecular formula is C14H25N3O3. The second-order valence-electron chi connectivity index (χ2n) is 5.48. The maximum Gasteiger partial charge on any atom is 0.309 e. The highest BCUT2D eigenvalue weighted by Crippen LogP contribution is 2.15. The van der Waals surface area contributed by atoms with Gasteiger partial charge in [-0.05, 0) is 38.8 Å². The number of likely N-dealkylation sites (N-methyl/N-ethyl adjacent to an activating group) is 1. The number of likely N-dealkylation sites (tertiary alicyclic amines) is 1. The normalized spacial score (nSPS) is 26.6. The standard InChI is InChI=1S/C14H25N3O3/c1-2-17-7-3-5-11(17)9-15-13(18)14(19)16-10-12-6-4-8-20-12/h11-12H,2-10H2,1H3,(H,15,18)(H,16,19). The summed E-state index contributed by atoms with van der Waals surface area (Å²) in [6, 6.07) is 0.370. The molecular weight excluding hydrogens is 258 g/mol. The number of hydrogen-bond acceptors (Lipinski definition) is 4. The van der Waals surface area contributed by atoms with Crippen LogP contribution in [0, 0.1) is 0 Å². The zero-order valence-corrected chi connectivity index (χ0v) is 12.2. The van der Waals surface area contributed by atoms with Crippen molar-refractivity contribution in [1.29, 1.82) is 0 Å². The molecule has 0 radical (unpaired) electrons.